The Hall–Kier alpha value is -7.06. The number of unbranched alkanes of at least 4 members (excludes halogenated alkanes) is 2. The molecule has 0 spiro atoms. The third-order valence-corrected chi connectivity index (χ3v) is 14.0. The zero-order chi connectivity index (χ0) is 52.2. The van der Waals surface area contributed by atoms with Crippen LogP contribution in [0, 0.1) is 33.7 Å². The minimum absolute atomic E-state index is 0.00828. The summed E-state index contributed by atoms with van der Waals surface area (Å²) in [6.45, 7) is 4.29. The second kappa shape index (κ2) is 24.8. The van der Waals surface area contributed by atoms with Gasteiger partial charge in [-0.05, 0) is 116 Å². The molecule has 1 saturated carbocycles. The first-order valence-corrected chi connectivity index (χ1v) is 25.0. The molecular formula is C55H63FN4O14. The fourth-order valence-corrected chi connectivity index (χ4v) is 10.7. The highest BCUT2D eigenvalue weighted by atomic mass is 19.1. The monoisotopic (exact) mass is 1020 g/mol. The lowest BCUT2D eigenvalue weighted by Crippen LogP contribution is -2.70. The molecule has 1 unspecified atom stereocenters. The van der Waals surface area contributed by atoms with Crippen LogP contribution in [0.4, 0.5) is 25.4 Å². The number of non-ortho nitro benzene ring substituents is 1. The lowest BCUT2D eigenvalue weighted by atomic mass is 9.55. The summed E-state index contributed by atoms with van der Waals surface area (Å²) in [6.07, 6.45) is 7.54. The molecule has 1 saturated heterocycles. The quantitative estimate of drug-likeness (QED) is 0.0289. The number of halogens is 1. The van der Waals surface area contributed by atoms with Gasteiger partial charge < -0.3 is 48.2 Å². The van der Waals surface area contributed by atoms with Gasteiger partial charge in [0, 0.05) is 62.3 Å². The Balaban J connectivity index is 1.31. The lowest BCUT2D eigenvalue weighted by molar-refractivity contribution is -0.384. The molecule has 394 valence electrons. The summed E-state index contributed by atoms with van der Waals surface area (Å²) < 4.78 is 57.8. The molecule has 0 radical (unpaired) electrons. The molecule has 0 bridgehead atoms. The predicted octanol–water partition coefficient (Wildman–Crippen LogP) is 10.2. The fourth-order valence-electron chi connectivity index (χ4n) is 10.7. The molecule has 74 heavy (non-hydrogen) atoms. The topological polar surface area (TPSA) is 219 Å². The molecule has 4 aliphatic rings. The van der Waals surface area contributed by atoms with Crippen LogP contribution in [-0.4, -0.2) is 96.7 Å². The molecule has 2 aliphatic heterocycles. The van der Waals surface area contributed by atoms with Crippen molar-refractivity contribution in [2.75, 3.05) is 46.0 Å². The van der Waals surface area contributed by atoms with Gasteiger partial charge in [-0.3, -0.25) is 20.3 Å². The SMILES string of the molecule is C=CCO[C@@]12Oc3ccc(OC(=O)Nc4ccc(OC)cc4OC)cc3[C@H]3[C@H](CCCCO)[C@@H](CCCCO)C=C(C(=NOC4CCCCO4)C[C@@H]1N(Cc1ccc(F)cc1)C(=O)Oc1ccc([N+](=O)[O-])cc1)[C@H]32. The van der Waals surface area contributed by atoms with Crippen LogP contribution in [0.25, 0.3) is 0 Å². The summed E-state index contributed by atoms with van der Waals surface area (Å²) in [5.74, 6) is -2.34. The van der Waals surface area contributed by atoms with Crippen LogP contribution in [0.5, 0.6) is 28.7 Å². The van der Waals surface area contributed by atoms with E-state index >= 15 is 4.79 Å². The summed E-state index contributed by atoms with van der Waals surface area (Å²) in [6, 6.07) is 19.8. The number of aliphatic hydroxyl groups excluding tert-OH is 2. The third kappa shape index (κ3) is 12.1. The van der Waals surface area contributed by atoms with Crippen LogP contribution in [-0.2, 0) is 20.9 Å². The number of nitrogens with one attached hydrogen (secondary N) is 1. The summed E-state index contributed by atoms with van der Waals surface area (Å²) in [5, 5.41) is 39.3. The van der Waals surface area contributed by atoms with Crippen LogP contribution in [0.3, 0.4) is 0 Å². The molecular weight excluding hydrogens is 960 g/mol. The number of rotatable bonds is 22. The number of nitro groups is 1. The van der Waals surface area contributed by atoms with Gasteiger partial charge in [0.15, 0.2) is 0 Å². The number of nitro benzene ring substituents is 1. The van der Waals surface area contributed by atoms with Gasteiger partial charge in [0.1, 0.15) is 40.6 Å². The summed E-state index contributed by atoms with van der Waals surface area (Å²) >= 11 is 0. The summed E-state index contributed by atoms with van der Waals surface area (Å²) in [7, 11) is 3.00. The molecule has 2 heterocycles. The maximum Gasteiger partial charge on any atom is 0.417 e. The first-order chi connectivity index (χ1) is 36.0. The molecule has 2 aliphatic carbocycles. The number of benzene rings is 4. The van der Waals surface area contributed by atoms with E-state index in [0.29, 0.717) is 91.3 Å². The Morgan fingerprint density at radius 1 is 0.932 bits per heavy atom. The number of oxime groups is 1. The minimum Gasteiger partial charge on any atom is -0.497 e. The Labute approximate surface area is 428 Å². The van der Waals surface area contributed by atoms with Crippen molar-refractivity contribution in [1.29, 1.82) is 0 Å². The number of hydrogen-bond acceptors (Lipinski definition) is 15. The maximum atomic E-state index is 15.1. The summed E-state index contributed by atoms with van der Waals surface area (Å²) in [4.78, 5) is 47.6. The lowest BCUT2D eigenvalue weighted by Gasteiger charge is -2.59. The van der Waals surface area contributed by atoms with E-state index in [-0.39, 0.29) is 61.8 Å². The van der Waals surface area contributed by atoms with E-state index in [1.54, 1.807) is 54.6 Å². The number of fused-ring (bicyclic) bond motifs is 2. The van der Waals surface area contributed by atoms with Gasteiger partial charge in [-0.2, -0.15) is 0 Å². The smallest absolute Gasteiger partial charge is 0.417 e. The van der Waals surface area contributed by atoms with Crippen LogP contribution < -0.4 is 29.0 Å². The molecule has 3 N–H and O–H groups in total. The third-order valence-electron chi connectivity index (χ3n) is 14.0. The van der Waals surface area contributed by atoms with Crippen molar-refractivity contribution >= 4 is 29.3 Å². The van der Waals surface area contributed by atoms with Crippen molar-refractivity contribution in [3.8, 4) is 28.7 Å². The van der Waals surface area contributed by atoms with Crippen LogP contribution in [0.15, 0.2) is 114 Å². The second-order valence-electron chi connectivity index (χ2n) is 18.6. The average molecular weight is 1020 g/mol. The number of allylic oxidation sites excluding steroid dienone is 1. The largest absolute Gasteiger partial charge is 0.497 e. The highest BCUT2D eigenvalue weighted by Crippen LogP contribution is 2.62. The van der Waals surface area contributed by atoms with E-state index in [1.807, 2.05) is 0 Å². The molecule has 7 atom stereocenters. The minimum atomic E-state index is -1.75. The summed E-state index contributed by atoms with van der Waals surface area (Å²) in [5.41, 5.74) is 2.59. The zero-order valence-corrected chi connectivity index (χ0v) is 41.5. The number of ether oxygens (including phenoxy) is 7. The molecule has 0 aromatic heterocycles. The Morgan fingerprint density at radius 2 is 1.68 bits per heavy atom. The Kier molecular flexibility index (Phi) is 17.8. The predicted molar refractivity (Wildman–Crippen MR) is 270 cm³/mol. The molecule has 8 rings (SSSR count). The van der Waals surface area contributed by atoms with Crippen molar-refractivity contribution in [2.45, 2.75) is 94.8 Å². The van der Waals surface area contributed by atoms with Crippen molar-refractivity contribution in [2.24, 2.45) is 22.9 Å². The Morgan fingerprint density at radius 3 is 2.36 bits per heavy atom. The van der Waals surface area contributed by atoms with Gasteiger partial charge in [0.05, 0.1) is 49.7 Å². The van der Waals surface area contributed by atoms with Crippen molar-refractivity contribution in [3.05, 3.63) is 136 Å². The van der Waals surface area contributed by atoms with Crippen molar-refractivity contribution in [3.63, 3.8) is 0 Å². The van der Waals surface area contributed by atoms with Gasteiger partial charge in [-0.25, -0.2) is 14.0 Å². The standard InChI is InChI=1S/C55H63FN4O14/c1-4-28-70-55-49(59(34-35-14-16-37(56)17-15-35)54(64)72-39-20-18-38(19-21-39)60(65)66)33-46(58-74-50-13-7-10-29-69-50)43-30-36(11-5-8-26-61)42(12-6-9-27-62)51(52(43)55)44-31-41(23-25-47(44)73-55)71-53(63)57-45-24-22-40(67-2)32-48(45)68-3/h4,14-25,30-32,36,42,49-52,61-62H,1,5-13,26-29,33-34H2,2-3H3,(H,57,63)/t36-,42+,49-,50?,51+,52+,55+/m0/s1. The molecule has 4 aromatic carbocycles. The van der Waals surface area contributed by atoms with Gasteiger partial charge >= 0.3 is 12.2 Å². The van der Waals surface area contributed by atoms with E-state index in [0.717, 1.165) is 18.4 Å². The molecule has 2 fully saturated rings. The Bertz CT molecular complexity index is 2660. The number of methoxy groups -OCH3 is 2. The van der Waals surface area contributed by atoms with Gasteiger partial charge in [-0.1, -0.05) is 42.3 Å². The molecule has 19 heteroatoms. The maximum absolute atomic E-state index is 15.1. The van der Waals surface area contributed by atoms with E-state index in [4.69, 9.17) is 43.2 Å². The molecule has 2 amide bonds. The average Bonchev–Trinajstić information content (AvgIpc) is 3.42. The highest BCUT2D eigenvalue weighted by Gasteiger charge is 2.66. The van der Waals surface area contributed by atoms with E-state index in [1.165, 1.54) is 55.5 Å². The first-order valence-electron chi connectivity index (χ1n) is 25.0. The number of carbonyl (C=O) groups excluding carboxylic acids is 2. The number of amides is 2. The van der Waals surface area contributed by atoms with Crippen LogP contribution in [0.2, 0.25) is 0 Å². The van der Waals surface area contributed by atoms with E-state index in [9.17, 15) is 29.5 Å². The van der Waals surface area contributed by atoms with Crippen molar-refractivity contribution in [1.82, 2.24) is 4.90 Å². The van der Waals surface area contributed by atoms with Gasteiger partial charge in [0.2, 0.25) is 12.1 Å². The van der Waals surface area contributed by atoms with Gasteiger partial charge in [0.25, 0.3) is 5.69 Å². The van der Waals surface area contributed by atoms with Crippen LogP contribution >= 0.6 is 0 Å². The highest BCUT2D eigenvalue weighted by molar-refractivity contribution is 6.03. The van der Waals surface area contributed by atoms with Crippen LogP contribution in [0.1, 0.15) is 81.3 Å². The number of carbonyl (C=O) groups is 2. The number of anilines is 1. The van der Waals surface area contributed by atoms with E-state index in [2.05, 4.69) is 18.0 Å². The van der Waals surface area contributed by atoms with E-state index < -0.39 is 52.9 Å². The number of nitrogens with zero attached hydrogens (tertiary/aromatic N) is 3. The van der Waals surface area contributed by atoms with Crippen molar-refractivity contribution < 1.29 is 67.1 Å². The second-order valence-corrected chi connectivity index (χ2v) is 18.6. The number of aliphatic hydroxyl groups is 2. The zero-order valence-electron chi connectivity index (χ0n) is 41.5. The fraction of sp³-hybridized carbons (Fsp3) is 0.436. The van der Waals surface area contributed by atoms with Gasteiger partial charge in [-0.15, -0.1) is 6.58 Å². The first kappa shape index (κ1) is 53.2. The normalized spacial score (nSPS) is 23.2. The molecule has 4 aromatic rings. The molecule has 18 nitrogen and oxygen atoms in total. The number of hydrogen-bond donors (Lipinski definition) is 3.